The Labute approximate surface area is 201 Å². The van der Waals surface area contributed by atoms with Crippen molar-refractivity contribution in [3.8, 4) is 0 Å². The van der Waals surface area contributed by atoms with Crippen molar-refractivity contribution < 1.29 is 0 Å². The molecule has 34 heavy (non-hydrogen) atoms. The number of rotatable bonds is 2. The summed E-state index contributed by atoms with van der Waals surface area (Å²) in [5.41, 5.74) is 9.46. The quantitative estimate of drug-likeness (QED) is 0.255. The van der Waals surface area contributed by atoms with Gasteiger partial charge in [-0.25, -0.2) is 0 Å². The normalized spacial score (nSPS) is 11.6. The summed E-state index contributed by atoms with van der Waals surface area (Å²) in [7, 11) is 0. The molecule has 1 aliphatic carbocycles. The fraction of sp³-hybridized carbons (Fsp3) is 0. The summed E-state index contributed by atoms with van der Waals surface area (Å²) in [6.07, 6.45) is 4.32. The molecule has 0 amide bonds. The first-order valence-electron chi connectivity index (χ1n) is 11.5. The summed E-state index contributed by atoms with van der Waals surface area (Å²) in [5, 5.41) is 2.52. The van der Waals surface area contributed by atoms with E-state index in [1.165, 1.54) is 44.2 Å². The van der Waals surface area contributed by atoms with Gasteiger partial charge in [-0.2, -0.15) is 0 Å². The molecule has 162 valence electrons. The van der Waals surface area contributed by atoms with Gasteiger partial charge in [-0.15, -0.1) is 0 Å². The van der Waals surface area contributed by atoms with Crippen molar-refractivity contribution in [1.82, 2.24) is 0 Å². The van der Waals surface area contributed by atoms with Crippen molar-refractivity contribution in [3.05, 3.63) is 168 Å². The molecule has 0 N–H and O–H groups in total. The number of fused-ring (bicyclic) bond motifs is 3. The molecule has 5 aromatic rings. The number of benzene rings is 5. The molecule has 0 aliphatic heterocycles. The monoisotopic (exact) mass is 434 g/mol. The van der Waals surface area contributed by atoms with Gasteiger partial charge in [0.1, 0.15) is 0 Å². The van der Waals surface area contributed by atoms with E-state index in [1.807, 2.05) is 18.2 Å². The third-order valence-corrected chi connectivity index (χ3v) is 6.23. The Morgan fingerprint density at radius 3 is 1.65 bits per heavy atom. The van der Waals surface area contributed by atoms with E-state index in [0.29, 0.717) is 0 Å². The Morgan fingerprint density at radius 2 is 1.00 bits per heavy atom. The van der Waals surface area contributed by atoms with Gasteiger partial charge in [0.25, 0.3) is 0 Å². The second-order valence-electron chi connectivity index (χ2n) is 8.39. The van der Waals surface area contributed by atoms with Crippen molar-refractivity contribution in [1.29, 1.82) is 0 Å². The van der Waals surface area contributed by atoms with Gasteiger partial charge in [0.15, 0.2) is 0 Å². The predicted octanol–water partition coefficient (Wildman–Crippen LogP) is 9.13. The van der Waals surface area contributed by atoms with Gasteiger partial charge < -0.3 is 0 Å². The average Bonchev–Trinajstić information content (AvgIpc) is 3.06. The SMILES string of the molecule is C=C(c1ccccc1)c1ccc2ccccc2c1.C=C1c2ccccc2C=Cc2ccccc21. The smallest absolute Gasteiger partial charge is 0.0111 e. The molecule has 0 unspecified atom stereocenters. The van der Waals surface area contributed by atoms with Crippen LogP contribution >= 0.6 is 0 Å². The highest BCUT2D eigenvalue weighted by molar-refractivity contribution is 5.93. The minimum absolute atomic E-state index is 1.07. The second-order valence-corrected chi connectivity index (χ2v) is 8.39. The Bertz CT molecular complexity index is 1470. The van der Waals surface area contributed by atoms with Crippen LogP contribution in [0.4, 0.5) is 0 Å². The van der Waals surface area contributed by atoms with E-state index in [-0.39, 0.29) is 0 Å². The highest BCUT2D eigenvalue weighted by atomic mass is 14.2. The zero-order valence-electron chi connectivity index (χ0n) is 19.1. The van der Waals surface area contributed by atoms with Crippen molar-refractivity contribution in [2.45, 2.75) is 0 Å². The van der Waals surface area contributed by atoms with Crippen molar-refractivity contribution >= 4 is 34.1 Å². The molecular weight excluding hydrogens is 408 g/mol. The molecule has 6 rings (SSSR count). The molecule has 5 aromatic carbocycles. The lowest BCUT2D eigenvalue weighted by molar-refractivity contribution is 1.54. The predicted molar refractivity (Wildman–Crippen MR) is 148 cm³/mol. The van der Waals surface area contributed by atoms with Gasteiger partial charge in [0.05, 0.1) is 0 Å². The van der Waals surface area contributed by atoms with Crippen molar-refractivity contribution in [2.75, 3.05) is 0 Å². The van der Waals surface area contributed by atoms with Crippen LogP contribution in [0.2, 0.25) is 0 Å². The maximum atomic E-state index is 4.22. The molecule has 0 heterocycles. The van der Waals surface area contributed by atoms with Crippen LogP contribution in [0.5, 0.6) is 0 Å². The zero-order valence-corrected chi connectivity index (χ0v) is 19.1. The summed E-state index contributed by atoms with van der Waals surface area (Å²) in [6.45, 7) is 8.42. The van der Waals surface area contributed by atoms with Crippen LogP contribution in [0.25, 0.3) is 34.1 Å². The molecule has 0 saturated heterocycles. The topological polar surface area (TPSA) is 0 Å². The molecular formula is C34H26. The maximum absolute atomic E-state index is 4.22. The largest absolute Gasteiger partial charge is 0.0906 e. The molecule has 0 nitrogen and oxygen atoms in total. The first-order valence-corrected chi connectivity index (χ1v) is 11.5. The van der Waals surface area contributed by atoms with E-state index >= 15 is 0 Å². The molecule has 1 aliphatic rings. The summed E-state index contributed by atoms with van der Waals surface area (Å²) < 4.78 is 0. The minimum atomic E-state index is 1.07. The fourth-order valence-corrected chi connectivity index (χ4v) is 4.34. The molecule has 0 atom stereocenters. The molecule has 0 bridgehead atoms. The summed E-state index contributed by atoms with van der Waals surface area (Å²) in [5.74, 6) is 0. The molecule has 0 spiro atoms. The van der Waals surface area contributed by atoms with Gasteiger partial charge in [-0.05, 0) is 61.4 Å². The van der Waals surface area contributed by atoms with Crippen LogP contribution in [0, 0.1) is 0 Å². The van der Waals surface area contributed by atoms with Crippen LogP contribution in [0.3, 0.4) is 0 Å². The Morgan fingerprint density at radius 1 is 0.471 bits per heavy atom. The van der Waals surface area contributed by atoms with E-state index in [9.17, 15) is 0 Å². The van der Waals surface area contributed by atoms with Crippen LogP contribution in [0.1, 0.15) is 33.4 Å². The van der Waals surface area contributed by atoms with Gasteiger partial charge in [-0.1, -0.05) is 141 Å². The number of hydrogen-bond donors (Lipinski definition) is 0. The third kappa shape index (κ3) is 4.40. The highest BCUT2D eigenvalue weighted by Gasteiger charge is 2.11. The maximum Gasteiger partial charge on any atom is -0.0111 e. The molecule has 0 aromatic heterocycles. The summed E-state index contributed by atoms with van der Waals surface area (Å²) in [4.78, 5) is 0. The number of hydrogen-bond acceptors (Lipinski definition) is 0. The van der Waals surface area contributed by atoms with Gasteiger partial charge >= 0.3 is 0 Å². The Kier molecular flexibility index (Phi) is 6.05. The third-order valence-electron chi connectivity index (χ3n) is 6.23. The second kappa shape index (κ2) is 9.60. The minimum Gasteiger partial charge on any atom is -0.0906 e. The van der Waals surface area contributed by atoms with E-state index in [4.69, 9.17) is 0 Å². The molecule has 0 radical (unpaired) electrons. The van der Waals surface area contributed by atoms with E-state index in [2.05, 4.69) is 128 Å². The van der Waals surface area contributed by atoms with E-state index in [0.717, 1.165) is 11.1 Å². The lowest BCUT2D eigenvalue weighted by atomic mass is 9.95. The van der Waals surface area contributed by atoms with Crippen LogP contribution < -0.4 is 0 Å². The van der Waals surface area contributed by atoms with Crippen molar-refractivity contribution in [3.63, 3.8) is 0 Å². The summed E-state index contributed by atoms with van der Waals surface area (Å²) in [6, 6.07) is 41.9. The molecule has 0 heteroatoms. The van der Waals surface area contributed by atoms with Crippen LogP contribution in [-0.2, 0) is 0 Å². The first kappa shape index (κ1) is 21.4. The van der Waals surface area contributed by atoms with Gasteiger partial charge in [0, 0.05) is 0 Å². The highest BCUT2D eigenvalue weighted by Crippen LogP contribution is 2.32. The first-order chi connectivity index (χ1) is 16.7. The Hall–Kier alpha value is -4.42. The molecule has 0 saturated carbocycles. The molecule has 0 fully saturated rings. The fourth-order valence-electron chi connectivity index (χ4n) is 4.34. The lowest BCUT2D eigenvalue weighted by Gasteiger charge is -2.09. The van der Waals surface area contributed by atoms with Crippen LogP contribution in [0.15, 0.2) is 134 Å². The Balaban J connectivity index is 0.000000142. The summed E-state index contributed by atoms with van der Waals surface area (Å²) >= 11 is 0. The lowest BCUT2D eigenvalue weighted by Crippen LogP contribution is -1.89. The van der Waals surface area contributed by atoms with Crippen molar-refractivity contribution in [2.24, 2.45) is 0 Å². The van der Waals surface area contributed by atoms with E-state index < -0.39 is 0 Å². The van der Waals surface area contributed by atoms with E-state index in [1.54, 1.807) is 0 Å². The van der Waals surface area contributed by atoms with Gasteiger partial charge in [-0.3, -0.25) is 0 Å². The van der Waals surface area contributed by atoms with Gasteiger partial charge in [0.2, 0.25) is 0 Å². The standard InChI is InChI=1S/C18H14.C16H12/c1-14(15-7-3-2-4-8-15)17-12-11-16-9-5-6-10-18(16)13-17;1-12-15-8-4-2-6-13(15)10-11-14-7-3-5-9-16(12)14/h2-13H,1H2;2-11H,1H2. The average molecular weight is 435 g/mol. The van der Waals surface area contributed by atoms with Crippen LogP contribution in [-0.4, -0.2) is 0 Å². The zero-order chi connectivity index (χ0) is 23.3.